The molecule has 0 aromatic heterocycles. The van der Waals surface area contributed by atoms with E-state index in [0.717, 1.165) is 63.6 Å². The third kappa shape index (κ3) is 4.67. The Morgan fingerprint density at radius 1 is 1.14 bits per heavy atom. The van der Waals surface area contributed by atoms with E-state index in [1.807, 2.05) is 28.6 Å². The van der Waals surface area contributed by atoms with Gasteiger partial charge in [-0.25, -0.2) is 8.42 Å². The van der Waals surface area contributed by atoms with Gasteiger partial charge >= 0.3 is 0 Å². The van der Waals surface area contributed by atoms with Crippen LogP contribution >= 0.6 is 0 Å². The maximum Gasteiger partial charge on any atom is 0.251 e. The predicted octanol–water partition coefficient (Wildman–Crippen LogP) is 2.30. The number of amides is 1. The molecule has 29 heavy (non-hydrogen) atoms. The number of hydrogen-bond donors (Lipinski definition) is 2. The highest BCUT2D eigenvalue weighted by molar-refractivity contribution is 7.89. The minimum absolute atomic E-state index is 0.0349. The van der Waals surface area contributed by atoms with Gasteiger partial charge in [-0.3, -0.25) is 4.79 Å². The number of aryl methyl sites for hydroxylation is 1. The average molecular weight is 420 g/mol. The summed E-state index contributed by atoms with van der Waals surface area (Å²) >= 11 is 0. The lowest BCUT2D eigenvalue weighted by Gasteiger charge is -2.39. The van der Waals surface area contributed by atoms with Crippen molar-refractivity contribution in [1.82, 2.24) is 14.9 Å². The van der Waals surface area contributed by atoms with E-state index in [2.05, 4.69) is 17.6 Å². The summed E-state index contributed by atoms with van der Waals surface area (Å²) in [7, 11) is -3.24. The number of hydrogen-bond acceptors (Lipinski definition) is 4. The first-order valence-corrected chi connectivity index (χ1v) is 12.7. The quantitative estimate of drug-likeness (QED) is 0.742. The summed E-state index contributed by atoms with van der Waals surface area (Å²) in [5, 5.41) is 6.48. The SMILES string of the molecule is CCc1cccc(C(=O)N[C@H]2C[C@H]3CC[C@@H](C2)N3S(=O)(=O)CC2CCNCC2)c1. The summed E-state index contributed by atoms with van der Waals surface area (Å²) in [5.74, 6) is 0.502. The van der Waals surface area contributed by atoms with Crippen molar-refractivity contribution in [3.05, 3.63) is 35.4 Å². The van der Waals surface area contributed by atoms with E-state index >= 15 is 0 Å². The zero-order valence-electron chi connectivity index (χ0n) is 17.3. The second-order valence-electron chi connectivity index (χ2n) is 8.88. The third-order valence-corrected chi connectivity index (χ3v) is 8.96. The summed E-state index contributed by atoms with van der Waals surface area (Å²) in [6, 6.07) is 7.87. The number of piperidine rings is 2. The number of carbonyl (C=O) groups is 1. The molecule has 2 bridgehead atoms. The van der Waals surface area contributed by atoms with E-state index in [0.29, 0.717) is 5.56 Å². The maximum atomic E-state index is 13.2. The van der Waals surface area contributed by atoms with Crippen LogP contribution in [0.2, 0.25) is 0 Å². The standard InChI is InChI=1S/C22H33N3O3S/c1-2-16-4-3-5-18(12-16)22(26)24-19-13-20-6-7-21(14-19)25(20)29(27,28)15-17-8-10-23-11-9-17/h3-5,12,17,19-21,23H,2,6-11,13-15H2,1H3,(H,24,26)/t19-,20+,21-. The molecule has 3 fully saturated rings. The molecule has 4 rings (SSSR count). The Hall–Kier alpha value is -1.44. The van der Waals surface area contributed by atoms with Gasteiger partial charge in [-0.2, -0.15) is 4.31 Å². The minimum Gasteiger partial charge on any atom is -0.349 e. The molecular weight excluding hydrogens is 386 g/mol. The molecule has 0 aliphatic carbocycles. The summed E-state index contributed by atoms with van der Waals surface area (Å²) in [6.45, 7) is 3.91. The largest absolute Gasteiger partial charge is 0.349 e. The normalized spacial score (nSPS) is 28.4. The lowest BCUT2D eigenvalue weighted by atomic mass is 9.99. The Morgan fingerprint density at radius 2 is 1.83 bits per heavy atom. The molecule has 1 amide bonds. The van der Waals surface area contributed by atoms with Crippen molar-refractivity contribution in [2.45, 2.75) is 70.0 Å². The zero-order chi connectivity index (χ0) is 20.4. The minimum atomic E-state index is -3.24. The van der Waals surface area contributed by atoms with Gasteiger partial charge < -0.3 is 10.6 Å². The fourth-order valence-corrected chi connectivity index (χ4v) is 7.73. The van der Waals surface area contributed by atoms with Crippen LogP contribution < -0.4 is 10.6 Å². The topological polar surface area (TPSA) is 78.5 Å². The van der Waals surface area contributed by atoms with Crippen LogP contribution in [0, 0.1) is 5.92 Å². The van der Waals surface area contributed by atoms with Gasteiger partial charge in [0.25, 0.3) is 5.91 Å². The number of sulfonamides is 1. The van der Waals surface area contributed by atoms with Gasteiger partial charge in [0.2, 0.25) is 10.0 Å². The Bertz CT molecular complexity index is 821. The van der Waals surface area contributed by atoms with Crippen molar-refractivity contribution >= 4 is 15.9 Å². The molecule has 6 nitrogen and oxygen atoms in total. The Balaban J connectivity index is 1.39. The highest BCUT2D eigenvalue weighted by Gasteiger charge is 2.47. The molecule has 0 saturated carbocycles. The fraction of sp³-hybridized carbons (Fsp3) is 0.682. The zero-order valence-corrected chi connectivity index (χ0v) is 18.1. The number of rotatable bonds is 6. The first-order valence-electron chi connectivity index (χ1n) is 11.1. The monoisotopic (exact) mass is 419 g/mol. The first-order chi connectivity index (χ1) is 14.0. The Morgan fingerprint density at radius 3 is 2.48 bits per heavy atom. The molecule has 3 heterocycles. The Labute approximate surface area is 174 Å². The van der Waals surface area contributed by atoms with Gasteiger partial charge in [0, 0.05) is 23.7 Å². The van der Waals surface area contributed by atoms with E-state index in [9.17, 15) is 13.2 Å². The summed E-state index contributed by atoms with van der Waals surface area (Å²) < 4.78 is 28.1. The van der Waals surface area contributed by atoms with E-state index in [4.69, 9.17) is 0 Å². The fourth-order valence-electron chi connectivity index (χ4n) is 5.34. The molecular formula is C22H33N3O3S. The van der Waals surface area contributed by atoms with Gasteiger partial charge in [0.1, 0.15) is 0 Å². The number of nitrogens with one attached hydrogen (secondary N) is 2. The summed E-state index contributed by atoms with van der Waals surface area (Å²) in [4.78, 5) is 12.7. The van der Waals surface area contributed by atoms with E-state index < -0.39 is 10.0 Å². The van der Waals surface area contributed by atoms with Crippen LogP contribution in [0.5, 0.6) is 0 Å². The van der Waals surface area contributed by atoms with Crippen LogP contribution in [0.1, 0.15) is 61.4 Å². The molecule has 7 heteroatoms. The van der Waals surface area contributed by atoms with Crippen molar-refractivity contribution in [3.8, 4) is 0 Å². The van der Waals surface area contributed by atoms with Crippen molar-refractivity contribution in [2.75, 3.05) is 18.8 Å². The number of benzene rings is 1. The number of fused-ring (bicyclic) bond motifs is 2. The molecule has 0 spiro atoms. The molecule has 3 atom stereocenters. The highest BCUT2D eigenvalue weighted by Crippen LogP contribution is 2.38. The van der Waals surface area contributed by atoms with Crippen LogP contribution in [0.25, 0.3) is 0 Å². The smallest absolute Gasteiger partial charge is 0.251 e. The average Bonchev–Trinajstić information content (AvgIpc) is 3.01. The second-order valence-corrected chi connectivity index (χ2v) is 10.8. The van der Waals surface area contributed by atoms with Crippen LogP contribution in [-0.4, -0.2) is 55.6 Å². The van der Waals surface area contributed by atoms with Crippen molar-refractivity contribution in [1.29, 1.82) is 0 Å². The van der Waals surface area contributed by atoms with E-state index in [-0.39, 0.29) is 35.7 Å². The van der Waals surface area contributed by atoms with Crippen molar-refractivity contribution in [2.24, 2.45) is 5.92 Å². The molecule has 3 aliphatic rings. The van der Waals surface area contributed by atoms with Gasteiger partial charge in [-0.05, 0) is 81.6 Å². The number of carbonyl (C=O) groups excluding carboxylic acids is 1. The molecule has 160 valence electrons. The molecule has 0 unspecified atom stereocenters. The van der Waals surface area contributed by atoms with Crippen LogP contribution in [0.3, 0.4) is 0 Å². The molecule has 1 aromatic rings. The van der Waals surface area contributed by atoms with Crippen molar-refractivity contribution < 1.29 is 13.2 Å². The highest BCUT2D eigenvalue weighted by atomic mass is 32.2. The second kappa shape index (κ2) is 8.74. The summed E-state index contributed by atoms with van der Waals surface area (Å²) in [6.07, 6.45) is 6.05. The van der Waals surface area contributed by atoms with Crippen LogP contribution in [-0.2, 0) is 16.4 Å². The molecule has 1 aromatic carbocycles. The van der Waals surface area contributed by atoms with Crippen LogP contribution in [0.4, 0.5) is 0 Å². The van der Waals surface area contributed by atoms with Crippen LogP contribution in [0.15, 0.2) is 24.3 Å². The predicted molar refractivity (Wildman–Crippen MR) is 114 cm³/mol. The first kappa shape index (κ1) is 20.8. The maximum absolute atomic E-state index is 13.2. The molecule has 3 aliphatic heterocycles. The summed E-state index contributed by atoms with van der Waals surface area (Å²) in [5.41, 5.74) is 1.84. The lowest BCUT2D eigenvalue weighted by molar-refractivity contribution is 0.0909. The third-order valence-electron chi connectivity index (χ3n) is 6.82. The van der Waals surface area contributed by atoms with Gasteiger partial charge in [-0.1, -0.05) is 19.1 Å². The molecule has 2 N–H and O–H groups in total. The van der Waals surface area contributed by atoms with Gasteiger partial charge in [0.05, 0.1) is 5.75 Å². The lowest BCUT2D eigenvalue weighted by Crippen LogP contribution is -2.53. The Kier molecular flexibility index (Phi) is 6.27. The van der Waals surface area contributed by atoms with E-state index in [1.165, 1.54) is 0 Å². The number of nitrogens with zero attached hydrogens (tertiary/aromatic N) is 1. The van der Waals surface area contributed by atoms with Gasteiger partial charge in [-0.15, -0.1) is 0 Å². The molecule has 0 radical (unpaired) electrons. The van der Waals surface area contributed by atoms with E-state index in [1.54, 1.807) is 0 Å². The van der Waals surface area contributed by atoms with Gasteiger partial charge in [0.15, 0.2) is 0 Å². The van der Waals surface area contributed by atoms with Crippen molar-refractivity contribution in [3.63, 3.8) is 0 Å². The molecule has 3 saturated heterocycles.